The Morgan fingerprint density at radius 2 is 2.13 bits per heavy atom. The van der Waals surface area contributed by atoms with Gasteiger partial charge in [0.2, 0.25) is 15.8 Å². The lowest BCUT2D eigenvalue weighted by Crippen LogP contribution is -2.15. The Kier molecular flexibility index (Phi) is 3.93. The van der Waals surface area contributed by atoms with Crippen LogP contribution in [0.4, 0.5) is 10.1 Å². The molecule has 1 N–H and O–H groups in total. The highest BCUT2D eigenvalue weighted by atomic mass is 32.2. The van der Waals surface area contributed by atoms with Crippen molar-refractivity contribution in [2.75, 3.05) is 10.5 Å². The summed E-state index contributed by atoms with van der Waals surface area (Å²) in [5, 5.41) is 3.63. The molecule has 0 amide bonds. The first-order valence-electron chi connectivity index (χ1n) is 7.20. The molecule has 1 aliphatic rings. The first-order valence-corrected chi connectivity index (χ1v) is 8.86. The minimum Gasteiger partial charge on any atom is -0.360 e. The number of ketones is 1. The van der Waals surface area contributed by atoms with Crippen LogP contribution < -0.4 is 4.72 Å². The van der Waals surface area contributed by atoms with E-state index in [4.69, 9.17) is 4.52 Å². The van der Waals surface area contributed by atoms with Crippen LogP contribution in [0, 0.1) is 5.82 Å². The monoisotopic (exact) mass is 338 g/mol. The van der Waals surface area contributed by atoms with Gasteiger partial charge in [-0.25, -0.2) is 12.8 Å². The lowest BCUT2D eigenvalue weighted by atomic mass is 10.0. The molecule has 1 aromatic carbocycles. The maximum Gasteiger partial charge on any atom is 0.232 e. The van der Waals surface area contributed by atoms with Gasteiger partial charge in [0.1, 0.15) is 5.82 Å². The molecule has 1 heterocycles. The fourth-order valence-electron chi connectivity index (χ4n) is 2.22. The van der Waals surface area contributed by atoms with Gasteiger partial charge in [-0.2, -0.15) is 0 Å². The third-order valence-electron chi connectivity index (χ3n) is 3.66. The number of hydrogen-bond acceptors (Lipinski definition) is 5. The molecule has 1 aromatic heterocycles. The molecule has 3 rings (SSSR count). The standard InChI is InChI=1S/C15H15FN2O4S/c1-2-23(20,21)18-10-5-6-11(13(16)7-10)14(19)12-8-17-22-15(12)9-3-4-9/h5-9,18H,2-4H2,1H3. The average molecular weight is 338 g/mol. The molecule has 0 atom stereocenters. The van der Waals surface area contributed by atoms with E-state index in [1.54, 1.807) is 0 Å². The van der Waals surface area contributed by atoms with E-state index in [0.717, 1.165) is 18.9 Å². The van der Waals surface area contributed by atoms with Crippen molar-refractivity contribution in [3.05, 3.63) is 47.1 Å². The first-order chi connectivity index (χ1) is 10.9. The third-order valence-corrected chi connectivity index (χ3v) is 4.96. The van der Waals surface area contributed by atoms with E-state index >= 15 is 0 Å². The van der Waals surface area contributed by atoms with Crippen LogP contribution in [0.15, 0.2) is 28.9 Å². The average Bonchev–Trinajstić information content (AvgIpc) is 3.23. The second-order valence-electron chi connectivity index (χ2n) is 5.41. The maximum absolute atomic E-state index is 14.2. The smallest absolute Gasteiger partial charge is 0.232 e. The van der Waals surface area contributed by atoms with Gasteiger partial charge in [0.25, 0.3) is 0 Å². The molecule has 1 aliphatic carbocycles. The van der Waals surface area contributed by atoms with Crippen molar-refractivity contribution in [1.29, 1.82) is 0 Å². The molecule has 8 heteroatoms. The molecule has 2 aromatic rings. The number of anilines is 1. The Balaban J connectivity index is 1.88. The Hall–Kier alpha value is -2.22. The normalized spacial score (nSPS) is 14.7. The summed E-state index contributed by atoms with van der Waals surface area (Å²) in [6.07, 6.45) is 3.15. The summed E-state index contributed by atoms with van der Waals surface area (Å²) in [5.41, 5.74) is 0.191. The van der Waals surface area contributed by atoms with E-state index in [1.165, 1.54) is 25.3 Å². The summed E-state index contributed by atoms with van der Waals surface area (Å²) in [5.74, 6) is -0.772. The Morgan fingerprint density at radius 1 is 1.39 bits per heavy atom. The molecule has 23 heavy (non-hydrogen) atoms. The van der Waals surface area contributed by atoms with Crippen molar-refractivity contribution >= 4 is 21.5 Å². The molecule has 0 unspecified atom stereocenters. The SMILES string of the molecule is CCS(=O)(=O)Nc1ccc(C(=O)c2cnoc2C2CC2)c(F)c1. The van der Waals surface area contributed by atoms with Gasteiger partial charge < -0.3 is 4.52 Å². The van der Waals surface area contributed by atoms with Crippen molar-refractivity contribution < 1.29 is 22.1 Å². The second-order valence-corrected chi connectivity index (χ2v) is 7.42. The minimum absolute atomic E-state index is 0.0774. The van der Waals surface area contributed by atoms with Gasteiger partial charge >= 0.3 is 0 Å². The molecule has 0 radical (unpaired) electrons. The van der Waals surface area contributed by atoms with E-state index in [0.29, 0.717) is 5.76 Å². The number of hydrogen-bond donors (Lipinski definition) is 1. The lowest BCUT2D eigenvalue weighted by Gasteiger charge is -2.08. The van der Waals surface area contributed by atoms with Crippen LogP contribution in [0.2, 0.25) is 0 Å². The zero-order valence-corrected chi connectivity index (χ0v) is 13.2. The molecular formula is C15H15FN2O4S. The largest absolute Gasteiger partial charge is 0.360 e. The highest BCUT2D eigenvalue weighted by Gasteiger charge is 2.33. The number of nitrogens with one attached hydrogen (secondary N) is 1. The van der Waals surface area contributed by atoms with Crippen LogP contribution in [-0.4, -0.2) is 25.1 Å². The third kappa shape index (κ3) is 3.26. The van der Waals surface area contributed by atoms with Gasteiger partial charge in [-0.15, -0.1) is 0 Å². The molecule has 0 spiro atoms. The quantitative estimate of drug-likeness (QED) is 0.818. The summed E-state index contributed by atoms with van der Waals surface area (Å²) in [6.45, 7) is 1.47. The van der Waals surface area contributed by atoms with E-state index in [2.05, 4.69) is 9.88 Å². The van der Waals surface area contributed by atoms with Gasteiger partial charge in [0, 0.05) is 5.92 Å². The van der Waals surface area contributed by atoms with Crippen LogP contribution in [0.25, 0.3) is 0 Å². The number of nitrogens with zero attached hydrogens (tertiary/aromatic N) is 1. The van der Waals surface area contributed by atoms with Crippen molar-refractivity contribution in [2.45, 2.75) is 25.7 Å². The fraction of sp³-hybridized carbons (Fsp3) is 0.333. The van der Waals surface area contributed by atoms with Crippen LogP contribution >= 0.6 is 0 Å². The molecule has 122 valence electrons. The van der Waals surface area contributed by atoms with Crippen LogP contribution in [-0.2, 0) is 10.0 Å². The van der Waals surface area contributed by atoms with Crippen molar-refractivity contribution in [3.63, 3.8) is 0 Å². The van der Waals surface area contributed by atoms with E-state index in [9.17, 15) is 17.6 Å². The van der Waals surface area contributed by atoms with Gasteiger partial charge in [-0.05, 0) is 38.0 Å². The summed E-state index contributed by atoms with van der Waals surface area (Å²) >= 11 is 0. The molecule has 0 saturated heterocycles. The summed E-state index contributed by atoms with van der Waals surface area (Å²) in [4.78, 5) is 12.5. The predicted molar refractivity (Wildman–Crippen MR) is 81.4 cm³/mol. The molecule has 1 saturated carbocycles. The Morgan fingerprint density at radius 3 is 2.74 bits per heavy atom. The number of benzene rings is 1. The minimum atomic E-state index is -3.50. The summed E-state index contributed by atoms with van der Waals surface area (Å²) in [7, 11) is -3.50. The van der Waals surface area contributed by atoms with E-state index < -0.39 is 21.6 Å². The van der Waals surface area contributed by atoms with Crippen molar-refractivity contribution in [1.82, 2.24) is 5.16 Å². The fourth-order valence-corrected chi connectivity index (χ4v) is 2.85. The molecule has 1 fully saturated rings. The van der Waals surface area contributed by atoms with Gasteiger partial charge in [-0.1, -0.05) is 5.16 Å². The maximum atomic E-state index is 14.2. The summed E-state index contributed by atoms with van der Waals surface area (Å²) < 4.78 is 44.5. The van der Waals surface area contributed by atoms with Crippen LogP contribution in [0.5, 0.6) is 0 Å². The van der Waals surface area contributed by atoms with Gasteiger partial charge in [0.15, 0.2) is 5.76 Å². The van der Waals surface area contributed by atoms with Crippen molar-refractivity contribution in [3.8, 4) is 0 Å². The van der Waals surface area contributed by atoms with E-state index in [-0.39, 0.29) is 28.5 Å². The van der Waals surface area contributed by atoms with E-state index in [1.807, 2.05) is 0 Å². The lowest BCUT2D eigenvalue weighted by molar-refractivity contribution is 0.103. The summed E-state index contributed by atoms with van der Waals surface area (Å²) in [6, 6.07) is 3.60. The Bertz CT molecular complexity index is 856. The van der Waals surface area contributed by atoms with Crippen LogP contribution in [0.3, 0.4) is 0 Å². The zero-order chi connectivity index (χ0) is 16.6. The van der Waals surface area contributed by atoms with Crippen molar-refractivity contribution in [2.24, 2.45) is 0 Å². The number of carbonyl (C=O) groups is 1. The molecule has 6 nitrogen and oxygen atoms in total. The zero-order valence-electron chi connectivity index (χ0n) is 12.4. The van der Waals surface area contributed by atoms with Crippen LogP contribution in [0.1, 0.15) is 47.4 Å². The molecular weight excluding hydrogens is 323 g/mol. The highest BCUT2D eigenvalue weighted by molar-refractivity contribution is 7.92. The number of sulfonamides is 1. The Labute approximate surface area is 132 Å². The second kappa shape index (κ2) is 5.77. The number of carbonyl (C=O) groups excluding carboxylic acids is 1. The number of aromatic nitrogens is 1. The topological polar surface area (TPSA) is 89.3 Å². The number of halogens is 1. The molecule has 0 bridgehead atoms. The first kappa shape index (κ1) is 15.7. The predicted octanol–water partition coefficient (Wildman–Crippen LogP) is 2.68. The molecule has 0 aliphatic heterocycles. The number of rotatable bonds is 6. The van der Waals surface area contributed by atoms with Gasteiger partial charge in [0.05, 0.1) is 28.8 Å². The van der Waals surface area contributed by atoms with Gasteiger partial charge in [-0.3, -0.25) is 9.52 Å². The highest BCUT2D eigenvalue weighted by Crippen LogP contribution is 2.42.